The molecule has 1 aromatic heterocycles. The summed E-state index contributed by atoms with van der Waals surface area (Å²) in [6, 6.07) is 5.07. The van der Waals surface area contributed by atoms with Crippen LogP contribution in [-0.4, -0.2) is 4.92 Å². The second-order valence-corrected chi connectivity index (χ2v) is 5.11. The van der Waals surface area contributed by atoms with E-state index in [9.17, 15) is 10.1 Å². The topological polar surface area (TPSA) is 69.2 Å². The van der Waals surface area contributed by atoms with Crippen LogP contribution in [0.2, 0.25) is 0 Å². The summed E-state index contributed by atoms with van der Waals surface area (Å²) in [6.45, 7) is 0. The van der Waals surface area contributed by atoms with Gasteiger partial charge in [0.15, 0.2) is 0 Å². The van der Waals surface area contributed by atoms with Crippen LogP contribution in [0.5, 0.6) is 0 Å². The van der Waals surface area contributed by atoms with Gasteiger partial charge in [0.1, 0.15) is 3.79 Å². The van der Waals surface area contributed by atoms with E-state index in [0.29, 0.717) is 14.9 Å². The fourth-order valence-electron chi connectivity index (χ4n) is 1.24. The maximum Gasteiger partial charge on any atom is 0.302 e. The number of nitrogens with two attached hydrogens (primary N) is 1. The number of nitrogens with zero attached hydrogens (tertiary/aromatic N) is 1. The second kappa shape index (κ2) is 3.21. The van der Waals surface area contributed by atoms with Gasteiger partial charge in [0.2, 0.25) is 0 Å². The van der Waals surface area contributed by atoms with E-state index in [4.69, 9.17) is 5.73 Å². The minimum absolute atomic E-state index is 0.116. The number of rotatable bonds is 1. The van der Waals surface area contributed by atoms with E-state index in [0.717, 1.165) is 4.70 Å². The molecule has 0 spiro atoms. The molecule has 72 valence electrons. The molecule has 0 aliphatic rings. The molecule has 2 aromatic rings. The smallest absolute Gasteiger partial charge is 0.302 e. The summed E-state index contributed by atoms with van der Waals surface area (Å²) >= 11 is 4.49. The van der Waals surface area contributed by atoms with Crippen LogP contribution < -0.4 is 5.73 Å². The van der Waals surface area contributed by atoms with Gasteiger partial charge >= 0.3 is 5.69 Å². The highest BCUT2D eigenvalue weighted by Gasteiger charge is 2.20. The van der Waals surface area contributed by atoms with Crippen LogP contribution in [0.25, 0.3) is 10.1 Å². The molecule has 0 radical (unpaired) electrons. The van der Waals surface area contributed by atoms with Crippen molar-refractivity contribution in [3.63, 3.8) is 0 Å². The van der Waals surface area contributed by atoms with Gasteiger partial charge in [-0.25, -0.2) is 0 Å². The predicted octanol–water partition coefficient (Wildman–Crippen LogP) is 3.15. The Bertz CT molecular complexity index is 523. The zero-order valence-electron chi connectivity index (χ0n) is 6.86. The number of anilines is 1. The molecule has 1 heterocycles. The van der Waals surface area contributed by atoms with Gasteiger partial charge in [-0.1, -0.05) is 0 Å². The van der Waals surface area contributed by atoms with Crippen LogP contribution in [0.3, 0.4) is 0 Å². The van der Waals surface area contributed by atoms with Crippen molar-refractivity contribution in [3.8, 4) is 0 Å². The molecule has 14 heavy (non-hydrogen) atoms. The molecule has 0 saturated heterocycles. The monoisotopic (exact) mass is 272 g/mol. The van der Waals surface area contributed by atoms with E-state index in [-0.39, 0.29) is 10.6 Å². The minimum atomic E-state index is -0.390. The predicted molar refractivity (Wildman–Crippen MR) is 60.6 cm³/mol. The minimum Gasteiger partial charge on any atom is -0.399 e. The fraction of sp³-hybridized carbons (Fsp3) is 0. The fourth-order valence-corrected chi connectivity index (χ4v) is 3.07. The molecular weight excluding hydrogens is 268 g/mol. The standard InChI is InChI=1S/C8H5BrN2O2S/c9-8-7(11(12)13)5-2-1-4(10)3-6(5)14-8/h1-3H,10H2. The Morgan fingerprint density at radius 1 is 1.50 bits per heavy atom. The lowest BCUT2D eigenvalue weighted by Crippen LogP contribution is -1.87. The molecule has 0 unspecified atom stereocenters. The van der Waals surface area contributed by atoms with Crippen LogP contribution in [0, 0.1) is 10.1 Å². The SMILES string of the molecule is Nc1ccc2c([N+](=O)[O-])c(Br)sc2c1. The molecule has 1 aromatic carbocycles. The summed E-state index contributed by atoms with van der Waals surface area (Å²) in [5.74, 6) is 0. The molecule has 2 N–H and O–H groups in total. The third-order valence-corrected chi connectivity index (χ3v) is 3.62. The summed E-state index contributed by atoms with van der Waals surface area (Å²) in [5.41, 5.74) is 6.31. The van der Waals surface area contributed by atoms with Gasteiger partial charge in [-0.15, -0.1) is 11.3 Å². The molecular formula is C8H5BrN2O2S. The van der Waals surface area contributed by atoms with E-state index in [1.165, 1.54) is 11.3 Å². The molecule has 0 amide bonds. The van der Waals surface area contributed by atoms with Gasteiger partial charge in [-0.05, 0) is 34.1 Å². The molecule has 2 rings (SSSR count). The lowest BCUT2D eigenvalue weighted by atomic mass is 10.2. The van der Waals surface area contributed by atoms with E-state index in [1.807, 2.05) is 0 Å². The molecule has 4 nitrogen and oxygen atoms in total. The van der Waals surface area contributed by atoms with Crippen LogP contribution >= 0.6 is 27.3 Å². The normalized spacial score (nSPS) is 10.6. The van der Waals surface area contributed by atoms with Crippen molar-refractivity contribution in [1.82, 2.24) is 0 Å². The van der Waals surface area contributed by atoms with Gasteiger partial charge in [0.05, 0.1) is 10.3 Å². The Kier molecular flexibility index (Phi) is 2.16. The summed E-state index contributed by atoms with van der Waals surface area (Å²) in [7, 11) is 0. The quantitative estimate of drug-likeness (QED) is 0.493. The van der Waals surface area contributed by atoms with Crippen LogP contribution in [0.15, 0.2) is 22.0 Å². The largest absolute Gasteiger partial charge is 0.399 e. The highest BCUT2D eigenvalue weighted by atomic mass is 79.9. The first-order chi connectivity index (χ1) is 6.59. The third kappa shape index (κ3) is 1.36. The van der Waals surface area contributed by atoms with Crippen molar-refractivity contribution in [2.24, 2.45) is 0 Å². The third-order valence-electron chi connectivity index (χ3n) is 1.83. The number of hydrogen-bond acceptors (Lipinski definition) is 4. The highest BCUT2D eigenvalue weighted by molar-refractivity contribution is 9.11. The Balaban J connectivity index is 2.84. The Morgan fingerprint density at radius 2 is 2.21 bits per heavy atom. The number of benzene rings is 1. The maximum atomic E-state index is 10.7. The number of thiophene rings is 1. The van der Waals surface area contributed by atoms with Crippen molar-refractivity contribution in [1.29, 1.82) is 0 Å². The number of halogens is 1. The molecule has 6 heteroatoms. The first kappa shape index (κ1) is 9.42. The summed E-state index contributed by atoms with van der Waals surface area (Å²) in [4.78, 5) is 10.3. The summed E-state index contributed by atoms with van der Waals surface area (Å²) in [5, 5.41) is 11.4. The highest BCUT2D eigenvalue weighted by Crippen LogP contribution is 2.41. The van der Waals surface area contributed by atoms with E-state index in [2.05, 4.69) is 15.9 Å². The molecule has 0 saturated carbocycles. The number of hydrogen-bond donors (Lipinski definition) is 1. The Labute approximate surface area is 91.6 Å². The van der Waals surface area contributed by atoms with Gasteiger partial charge < -0.3 is 5.73 Å². The van der Waals surface area contributed by atoms with Crippen LogP contribution in [0.4, 0.5) is 11.4 Å². The second-order valence-electron chi connectivity index (χ2n) is 2.74. The molecule has 0 bridgehead atoms. The summed E-state index contributed by atoms with van der Waals surface area (Å²) < 4.78 is 1.35. The Morgan fingerprint density at radius 3 is 2.86 bits per heavy atom. The Hall–Kier alpha value is -1.14. The van der Waals surface area contributed by atoms with Crippen molar-refractivity contribution < 1.29 is 4.92 Å². The van der Waals surface area contributed by atoms with Gasteiger partial charge in [0, 0.05) is 10.4 Å². The van der Waals surface area contributed by atoms with Gasteiger partial charge in [-0.2, -0.15) is 0 Å². The van der Waals surface area contributed by atoms with E-state index < -0.39 is 0 Å². The molecule has 0 aliphatic heterocycles. The maximum absolute atomic E-state index is 10.7. The number of nitro groups is 1. The lowest BCUT2D eigenvalue weighted by Gasteiger charge is -1.92. The molecule has 0 fully saturated rings. The zero-order valence-corrected chi connectivity index (χ0v) is 9.26. The average molecular weight is 273 g/mol. The molecule has 0 aliphatic carbocycles. The average Bonchev–Trinajstić information content (AvgIpc) is 2.39. The first-order valence-electron chi connectivity index (χ1n) is 3.71. The van der Waals surface area contributed by atoms with Crippen molar-refractivity contribution >= 4 is 48.7 Å². The van der Waals surface area contributed by atoms with Crippen molar-refractivity contribution in [2.75, 3.05) is 5.73 Å². The van der Waals surface area contributed by atoms with Gasteiger partial charge in [0.25, 0.3) is 0 Å². The van der Waals surface area contributed by atoms with E-state index in [1.54, 1.807) is 18.2 Å². The van der Waals surface area contributed by atoms with Crippen LogP contribution in [-0.2, 0) is 0 Å². The van der Waals surface area contributed by atoms with Crippen LogP contribution in [0.1, 0.15) is 0 Å². The number of nitrogen functional groups attached to an aromatic ring is 1. The zero-order chi connectivity index (χ0) is 10.3. The first-order valence-corrected chi connectivity index (χ1v) is 5.32. The lowest BCUT2D eigenvalue weighted by molar-refractivity contribution is -0.383. The van der Waals surface area contributed by atoms with Crippen molar-refractivity contribution in [3.05, 3.63) is 32.1 Å². The van der Waals surface area contributed by atoms with Gasteiger partial charge in [-0.3, -0.25) is 10.1 Å². The number of fused-ring (bicyclic) bond motifs is 1. The molecule has 0 atom stereocenters. The van der Waals surface area contributed by atoms with E-state index >= 15 is 0 Å². The summed E-state index contributed by atoms with van der Waals surface area (Å²) in [6.07, 6.45) is 0. The van der Waals surface area contributed by atoms with Crippen molar-refractivity contribution in [2.45, 2.75) is 0 Å².